The van der Waals surface area contributed by atoms with Gasteiger partial charge >= 0.3 is 0 Å². The van der Waals surface area contributed by atoms with Gasteiger partial charge in [-0.3, -0.25) is 0 Å². The summed E-state index contributed by atoms with van der Waals surface area (Å²) in [5.41, 5.74) is 1.87. The number of para-hydroxylation sites is 1. The molecule has 1 spiro atoms. The predicted octanol–water partition coefficient (Wildman–Crippen LogP) is 4.10. The molecule has 0 amide bonds. The third-order valence-corrected chi connectivity index (χ3v) is 8.50. The highest BCUT2D eigenvalue weighted by molar-refractivity contribution is 5.52. The number of anilines is 1. The van der Waals surface area contributed by atoms with E-state index >= 15 is 0 Å². The molecule has 148 valence electrons. The Morgan fingerprint density at radius 1 is 0.889 bits per heavy atom. The Labute approximate surface area is 165 Å². The highest BCUT2D eigenvalue weighted by Crippen LogP contribution is 2.50. The maximum atomic E-state index is 2.87. The lowest BCUT2D eigenvalue weighted by Crippen LogP contribution is -2.58. The lowest BCUT2D eigenvalue weighted by molar-refractivity contribution is 0.0704. The molecule has 3 heterocycles. The number of hydrogen-bond donors (Lipinski definition) is 0. The van der Waals surface area contributed by atoms with E-state index in [0.717, 1.165) is 23.8 Å². The minimum absolute atomic E-state index is 0.398. The summed E-state index contributed by atoms with van der Waals surface area (Å²) in [5, 5.41) is 0. The van der Waals surface area contributed by atoms with Crippen molar-refractivity contribution in [2.75, 3.05) is 44.7 Å². The van der Waals surface area contributed by atoms with Crippen molar-refractivity contribution in [1.82, 2.24) is 9.80 Å². The van der Waals surface area contributed by atoms with E-state index < -0.39 is 0 Å². The molecule has 3 nitrogen and oxygen atoms in total. The van der Waals surface area contributed by atoms with Crippen LogP contribution in [-0.4, -0.2) is 61.2 Å². The molecular formula is C24H37N3. The molecule has 4 fully saturated rings. The molecule has 2 atom stereocenters. The van der Waals surface area contributed by atoms with E-state index in [2.05, 4.69) is 59.0 Å². The highest BCUT2D eigenvalue weighted by Gasteiger charge is 2.57. The molecule has 0 radical (unpaired) electrons. The molecule has 1 aromatic carbocycles. The van der Waals surface area contributed by atoms with Crippen LogP contribution in [0.25, 0.3) is 0 Å². The first-order valence-electron chi connectivity index (χ1n) is 11.4. The van der Waals surface area contributed by atoms with Crippen molar-refractivity contribution in [3.8, 4) is 0 Å². The van der Waals surface area contributed by atoms with E-state index in [9.17, 15) is 0 Å². The van der Waals surface area contributed by atoms with Crippen molar-refractivity contribution in [1.29, 1.82) is 0 Å². The number of rotatable bonds is 2. The summed E-state index contributed by atoms with van der Waals surface area (Å²) in [4.78, 5) is 8.30. The lowest BCUT2D eigenvalue weighted by atomic mass is 9.74. The van der Waals surface area contributed by atoms with Gasteiger partial charge in [0.2, 0.25) is 0 Å². The van der Waals surface area contributed by atoms with Crippen molar-refractivity contribution < 1.29 is 0 Å². The van der Waals surface area contributed by atoms with Crippen LogP contribution < -0.4 is 4.90 Å². The molecule has 1 aromatic rings. The summed E-state index contributed by atoms with van der Waals surface area (Å²) in [5.74, 6) is 2.67. The third kappa shape index (κ3) is 3.11. The second-order valence-corrected chi connectivity index (χ2v) is 10.1. The standard InChI is InChI=1S/C24H37N3/c1-19-8-10-21(11-9-19)26-14-12-24(13-15-26)23-18-25(2)16-20(23)17-27(24)22-6-4-3-5-7-22/h3-7,19-21,23H,8-18H2,1-2H3/t19?,20-,21?,23-/m0/s1. The molecule has 3 saturated heterocycles. The zero-order chi connectivity index (χ0) is 18.4. The molecule has 3 aliphatic heterocycles. The molecule has 3 heteroatoms. The molecule has 0 N–H and O–H groups in total. The van der Waals surface area contributed by atoms with Crippen molar-refractivity contribution in [3.63, 3.8) is 0 Å². The Hall–Kier alpha value is -1.06. The zero-order valence-corrected chi connectivity index (χ0v) is 17.3. The van der Waals surface area contributed by atoms with Gasteiger partial charge < -0.3 is 14.7 Å². The van der Waals surface area contributed by atoms with Crippen molar-refractivity contribution in [2.24, 2.45) is 17.8 Å². The number of likely N-dealkylation sites (tertiary alicyclic amines) is 2. The number of fused-ring (bicyclic) bond motifs is 2. The number of nitrogens with zero attached hydrogens (tertiary/aromatic N) is 3. The number of hydrogen-bond acceptors (Lipinski definition) is 3. The van der Waals surface area contributed by atoms with Gasteiger partial charge in [0.05, 0.1) is 0 Å². The first-order valence-corrected chi connectivity index (χ1v) is 11.4. The third-order valence-electron chi connectivity index (χ3n) is 8.50. The van der Waals surface area contributed by atoms with E-state index in [1.807, 2.05) is 0 Å². The molecule has 0 unspecified atom stereocenters. The molecular weight excluding hydrogens is 330 g/mol. The predicted molar refractivity (Wildman–Crippen MR) is 113 cm³/mol. The van der Waals surface area contributed by atoms with Crippen LogP contribution >= 0.6 is 0 Å². The van der Waals surface area contributed by atoms with E-state index in [1.165, 1.54) is 76.9 Å². The normalized spacial score (nSPS) is 37.0. The molecule has 0 bridgehead atoms. The van der Waals surface area contributed by atoms with E-state index in [4.69, 9.17) is 0 Å². The van der Waals surface area contributed by atoms with E-state index in [1.54, 1.807) is 0 Å². The lowest BCUT2D eigenvalue weighted by Gasteiger charge is -2.51. The number of benzene rings is 1. The molecule has 5 rings (SSSR count). The molecule has 1 saturated carbocycles. The summed E-state index contributed by atoms with van der Waals surface area (Å²) in [6.45, 7) is 8.92. The van der Waals surface area contributed by atoms with Crippen molar-refractivity contribution in [2.45, 2.75) is 57.0 Å². The monoisotopic (exact) mass is 367 g/mol. The topological polar surface area (TPSA) is 9.72 Å². The van der Waals surface area contributed by atoms with Crippen LogP contribution in [0, 0.1) is 17.8 Å². The van der Waals surface area contributed by atoms with Gasteiger partial charge in [-0.05, 0) is 69.5 Å². The first kappa shape index (κ1) is 18.0. The fraction of sp³-hybridized carbons (Fsp3) is 0.750. The minimum atomic E-state index is 0.398. The summed E-state index contributed by atoms with van der Waals surface area (Å²) in [6.07, 6.45) is 8.48. The smallest absolute Gasteiger partial charge is 0.0470 e. The summed E-state index contributed by atoms with van der Waals surface area (Å²) >= 11 is 0. The Kier molecular flexibility index (Phi) is 4.72. The fourth-order valence-electron chi connectivity index (χ4n) is 6.99. The second kappa shape index (κ2) is 7.08. The molecule has 4 aliphatic rings. The maximum Gasteiger partial charge on any atom is 0.0470 e. The Balaban J connectivity index is 1.36. The van der Waals surface area contributed by atoms with Gasteiger partial charge in [-0.2, -0.15) is 0 Å². The summed E-state index contributed by atoms with van der Waals surface area (Å²) in [6, 6.07) is 12.2. The Morgan fingerprint density at radius 2 is 1.59 bits per heavy atom. The van der Waals surface area contributed by atoms with Gasteiger partial charge in [0.15, 0.2) is 0 Å². The van der Waals surface area contributed by atoms with Gasteiger partial charge in [0.25, 0.3) is 0 Å². The zero-order valence-electron chi connectivity index (χ0n) is 17.3. The average molecular weight is 368 g/mol. The van der Waals surface area contributed by atoms with Crippen LogP contribution in [0.5, 0.6) is 0 Å². The van der Waals surface area contributed by atoms with Crippen LogP contribution in [0.2, 0.25) is 0 Å². The quantitative estimate of drug-likeness (QED) is 0.779. The van der Waals surface area contributed by atoms with Crippen molar-refractivity contribution in [3.05, 3.63) is 30.3 Å². The Bertz CT molecular complexity index is 628. The van der Waals surface area contributed by atoms with Crippen LogP contribution in [-0.2, 0) is 0 Å². The fourth-order valence-corrected chi connectivity index (χ4v) is 6.99. The SMILES string of the molecule is CC1CCC(N2CCC3(CC2)[C@H]2CN(C)C[C@H]2CN3c2ccccc2)CC1. The minimum Gasteiger partial charge on any atom is -0.365 e. The number of piperidine rings is 1. The van der Waals surface area contributed by atoms with Gasteiger partial charge in [0, 0.05) is 55.9 Å². The average Bonchev–Trinajstić information content (AvgIpc) is 3.20. The van der Waals surface area contributed by atoms with Crippen molar-refractivity contribution >= 4 is 5.69 Å². The first-order chi connectivity index (χ1) is 13.2. The summed E-state index contributed by atoms with van der Waals surface area (Å²) in [7, 11) is 2.33. The van der Waals surface area contributed by atoms with Crippen LogP contribution in [0.3, 0.4) is 0 Å². The van der Waals surface area contributed by atoms with E-state index in [-0.39, 0.29) is 0 Å². The van der Waals surface area contributed by atoms with Crippen LogP contribution in [0.15, 0.2) is 30.3 Å². The Morgan fingerprint density at radius 3 is 2.30 bits per heavy atom. The molecule has 1 aliphatic carbocycles. The second-order valence-electron chi connectivity index (χ2n) is 10.1. The highest BCUT2D eigenvalue weighted by atomic mass is 15.3. The largest absolute Gasteiger partial charge is 0.365 e. The molecule has 0 aromatic heterocycles. The van der Waals surface area contributed by atoms with Crippen LogP contribution in [0.1, 0.15) is 45.4 Å². The van der Waals surface area contributed by atoms with E-state index in [0.29, 0.717) is 5.54 Å². The summed E-state index contributed by atoms with van der Waals surface area (Å²) < 4.78 is 0. The van der Waals surface area contributed by atoms with Gasteiger partial charge in [0.1, 0.15) is 0 Å². The van der Waals surface area contributed by atoms with Gasteiger partial charge in [-0.15, -0.1) is 0 Å². The van der Waals surface area contributed by atoms with Gasteiger partial charge in [-0.1, -0.05) is 25.1 Å². The maximum absolute atomic E-state index is 2.87. The van der Waals surface area contributed by atoms with Crippen LogP contribution in [0.4, 0.5) is 5.69 Å². The molecule has 27 heavy (non-hydrogen) atoms. The van der Waals surface area contributed by atoms with Gasteiger partial charge in [-0.25, -0.2) is 0 Å².